The lowest BCUT2D eigenvalue weighted by atomic mass is 10.1. The Balaban J connectivity index is 1.98. The molecule has 0 aliphatic heterocycles. The Morgan fingerprint density at radius 1 is 1.38 bits per heavy atom. The van der Waals surface area contributed by atoms with Gasteiger partial charge in [0.05, 0.1) is 5.75 Å². The van der Waals surface area contributed by atoms with Gasteiger partial charge in [0.25, 0.3) is 0 Å². The fourth-order valence-electron chi connectivity index (χ4n) is 1.87. The number of nitrogens with one attached hydrogen (secondary N) is 2. The maximum absolute atomic E-state index is 11.8. The standard InChI is InChI=1S/C14H18N4O2S/c1-2-15-12(19)10-21-14-17-16-13(20)18(14)9-8-11-6-4-3-5-7-11/h3-7H,2,8-10H2,1H3,(H,15,19)(H,16,20). The molecule has 1 amide bonds. The van der Waals surface area contributed by atoms with Crippen LogP contribution in [0.15, 0.2) is 40.3 Å². The SMILES string of the molecule is CCNC(=O)CSc1n[nH]c(=O)n1CCc1ccccc1. The van der Waals surface area contributed by atoms with Crippen LogP contribution in [0.5, 0.6) is 0 Å². The van der Waals surface area contributed by atoms with Crippen LogP contribution in [0.25, 0.3) is 0 Å². The van der Waals surface area contributed by atoms with Crippen LogP contribution in [0, 0.1) is 0 Å². The van der Waals surface area contributed by atoms with Crippen molar-refractivity contribution < 1.29 is 4.79 Å². The van der Waals surface area contributed by atoms with E-state index in [4.69, 9.17) is 0 Å². The molecule has 0 atom stereocenters. The van der Waals surface area contributed by atoms with Crippen LogP contribution >= 0.6 is 11.8 Å². The van der Waals surface area contributed by atoms with E-state index >= 15 is 0 Å². The van der Waals surface area contributed by atoms with E-state index in [-0.39, 0.29) is 17.3 Å². The lowest BCUT2D eigenvalue weighted by molar-refractivity contribution is -0.118. The van der Waals surface area contributed by atoms with Gasteiger partial charge in [-0.05, 0) is 18.9 Å². The minimum Gasteiger partial charge on any atom is -0.356 e. The molecule has 2 N–H and O–H groups in total. The van der Waals surface area contributed by atoms with Crippen molar-refractivity contribution in [3.05, 3.63) is 46.4 Å². The lowest BCUT2D eigenvalue weighted by Crippen LogP contribution is -2.25. The number of aromatic nitrogens is 3. The largest absolute Gasteiger partial charge is 0.356 e. The summed E-state index contributed by atoms with van der Waals surface area (Å²) < 4.78 is 1.57. The van der Waals surface area contributed by atoms with Gasteiger partial charge in [-0.25, -0.2) is 9.89 Å². The summed E-state index contributed by atoms with van der Waals surface area (Å²) in [6.07, 6.45) is 0.745. The number of aromatic amines is 1. The highest BCUT2D eigenvalue weighted by atomic mass is 32.2. The van der Waals surface area contributed by atoms with Crippen LogP contribution in [0.2, 0.25) is 0 Å². The molecular weight excluding hydrogens is 288 g/mol. The van der Waals surface area contributed by atoms with Crippen LogP contribution in [-0.2, 0) is 17.8 Å². The van der Waals surface area contributed by atoms with Gasteiger partial charge in [-0.15, -0.1) is 5.10 Å². The van der Waals surface area contributed by atoms with Crippen molar-refractivity contribution in [1.29, 1.82) is 0 Å². The molecule has 1 aromatic carbocycles. The second-order valence-electron chi connectivity index (χ2n) is 4.44. The number of thioether (sulfide) groups is 1. The fraction of sp³-hybridized carbons (Fsp3) is 0.357. The number of aryl methyl sites for hydroxylation is 1. The van der Waals surface area contributed by atoms with Crippen molar-refractivity contribution in [3.8, 4) is 0 Å². The Labute approximate surface area is 127 Å². The Kier molecular flexibility index (Phi) is 5.62. The zero-order valence-electron chi connectivity index (χ0n) is 11.8. The third-order valence-electron chi connectivity index (χ3n) is 2.90. The summed E-state index contributed by atoms with van der Waals surface area (Å²) >= 11 is 1.26. The summed E-state index contributed by atoms with van der Waals surface area (Å²) in [5, 5.41) is 9.66. The number of nitrogens with zero attached hydrogens (tertiary/aromatic N) is 2. The maximum Gasteiger partial charge on any atom is 0.343 e. The molecule has 2 rings (SSSR count). The van der Waals surface area contributed by atoms with Crippen molar-refractivity contribution in [3.63, 3.8) is 0 Å². The molecule has 6 nitrogen and oxygen atoms in total. The zero-order chi connectivity index (χ0) is 15.1. The average molecular weight is 306 g/mol. The molecule has 1 aromatic heterocycles. The van der Waals surface area contributed by atoms with Gasteiger partial charge < -0.3 is 5.32 Å². The molecule has 0 fully saturated rings. The van der Waals surface area contributed by atoms with E-state index in [0.29, 0.717) is 18.2 Å². The molecule has 1 heterocycles. The van der Waals surface area contributed by atoms with Gasteiger partial charge in [0.1, 0.15) is 0 Å². The van der Waals surface area contributed by atoms with Gasteiger partial charge >= 0.3 is 5.69 Å². The van der Waals surface area contributed by atoms with Gasteiger partial charge in [-0.1, -0.05) is 42.1 Å². The van der Waals surface area contributed by atoms with Gasteiger partial charge in [-0.3, -0.25) is 9.36 Å². The molecule has 0 saturated heterocycles. The maximum atomic E-state index is 11.8. The van der Waals surface area contributed by atoms with Gasteiger partial charge in [0, 0.05) is 13.1 Å². The topological polar surface area (TPSA) is 79.8 Å². The highest BCUT2D eigenvalue weighted by molar-refractivity contribution is 7.99. The molecule has 0 radical (unpaired) electrons. The van der Waals surface area contributed by atoms with Crippen LogP contribution < -0.4 is 11.0 Å². The quantitative estimate of drug-likeness (QED) is 0.749. The monoisotopic (exact) mass is 306 g/mol. The smallest absolute Gasteiger partial charge is 0.343 e. The lowest BCUT2D eigenvalue weighted by Gasteiger charge is -2.05. The predicted octanol–water partition coefficient (Wildman–Crippen LogP) is 1.04. The molecule has 0 unspecified atom stereocenters. The molecule has 21 heavy (non-hydrogen) atoms. The number of carbonyl (C=O) groups excluding carboxylic acids is 1. The summed E-state index contributed by atoms with van der Waals surface area (Å²) in [4.78, 5) is 23.2. The van der Waals surface area contributed by atoms with E-state index in [1.165, 1.54) is 11.8 Å². The number of hydrogen-bond donors (Lipinski definition) is 2. The predicted molar refractivity (Wildman–Crippen MR) is 82.4 cm³/mol. The molecule has 0 saturated carbocycles. The number of H-pyrrole nitrogens is 1. The van der Waals surface area contributed by atoms with Crippen molar-refractivity contribution >= 4 is 17.7 Å². The van der Waals surface area contributed by atoms with E-state index < -0.39 is 0 Å². The third-order valence-corrected chi connectivity index (χ3v) is 3.87. The Morgan fingerprint density at radius 3 is 2.86 bits per heavy atom. The first-order chi connectivity index (χ1) is 10.2. The van der Waals surface area contributed by atoms with Gasteiger partial charge in [-0.2, -0.15) is 0 Å². The van der Waals surface area contributed by atoms with E-state index in [0.717, 1.165) is 12.0 Å². The van der Waals surface area contributed by atoms with Crippen LogP contribution in [0.1, 0.15) is 12.5 Å². The van der Waals surface area contributed by atoms with Crippen LogP contribution in [-0.4, -0.2) is 33.0 Å². The summed E-state index contributed by atoms with van der Waals surface area (Å²) in [6.45, 7) is 3.00. The first-order valence-corrected chi connectivity index (χ1v) is 7.78. The first kappa shape index (κ1) is 15.4. The minimum absolute atomic E-state index is 0.0624. The summed E-state index contributed by atoms with van der Waals surface area (Å²) in [7, 11) is 0. The average Bonchev–Trinajstić information content (AvgIpc) is 2.85. The van der Waals surface area contributed by atoms with Crippen molar-refractivity contribution in [2.75, 3.05) is 12.3 Å². The molecule has 112 valence electrons. The first-order valence-electron chi connectivity index (χ1n) is 6.79. The normalized spacial score (nSPS) is 10.5. The van der Waals surface area contributed by atoms with E-state index in [2.05, 4.69) is 15.5 Å². The fourth-order valence-corrected chi connectivity index (χ4v) is 2.68. The molecule has 2 aromatic rings. The second-order valence-corrected chi connectivity index (χ2v) is 5.38. The van der Waals surface area contributed by atoms with Crippen LogP contribution in [0.3, 0.4) is 0 Å². The highest BCUT2D eigenvalue weighted by Crippen LogP contribution is 2.13. The van der Waals surface area contributed by atoms with E-state index in [1.807, 2.05) is 37.3 Å². The molecular formula is C14H18N4O2S. The Hall–Kier alpha value is -2.02. The highest BCUT2D eigenvalue weighted by Gasteiger charge is 2.11. The number of benzene rings is 1. The van der Waals surface area contributed by atoms with Crippen LogP contribution in [0.4, 0.5) is 0 Å². The number of carbonyl (C=O) groups is 1. The van der Waals surface area contributed by atoms with Gasteiger partial charge in [0.2, 0.25) is 5.91 Å². The molecule has 0 spiro atoms. The van der Waals surface area contributed by atoms with E-state index in [1.54, 1.807) is 4.57 Å². The summed E-state index contributed by atoms with van der Waals surface area (Å²) in [6, 6.07) is 9.94. The van der Waals surface area contributed by atoms with E-state index in [9.17, 15) is 9.59 Å². The second kappa shape index (κ2) is 7.68. The molecule has 0 aliphatic rings. The van der Waals surface area contributed by atoms with Crippen molar-refractivity contribution in [2.45, 2.75) is 25.0 Å². The number of amides is 1. The minimum atomic E-state index is -0.246. The Morgan fingerprint density at radius 2 is 2.14 bits per heavy atom. The van der Waals surface area contributed by atoms with Crippen molar-refractivity contribution in [2.24, 2.45) is 0 Å². The van der Waals surface area contributed by atoms with Gasteiger partial charge in [0.15, 0.2) is 5.16 Å². The number of hydrogen-bond acceptors (Lipinski definition) is 4. The molecule has 0 bridgehead atoms. The molecule has 0 aliphatic carbocycles. The molecule has 7 heteroatoms. The zero-order valence-corrected chi connectivity index (χ0v) is 12.7. The third kappa shape index (κ3) is 4.49. The van der Waals surface area contributed by atoms with Crippen molar-refractivity contribution in [1.82, 2.24) is 20.1 Å². The summed E-state index contributed by atoms with van der Waals surface area (Å²) in [5.41, 5.74) is 0.912. The Bertz CT molecular complexity index is 636. The number of rotatable bonds is 7. The summed E-state index contributed by atoms with van der Waals surface area (Å²) in [5.74, 6) is 0.191.